The van der Waals surface area contributed by atoms with Gasteiger partial charge in [0.25, 0.3) is 0 Å². The number of rotatable bonds is 5. The van der Waals surface area contributed by atoms with Gasteiger partial charge in [-0.25, -0.2) is 0 Å². The zero-order valence-electron chi connectivity index (χ0n) is 9.47. The molecule has 0 saturated carbocycles. The van der Waals surface area contributed by atoms with Crippen molar-refractivity contribution in [3.05, 3.63) is 30.1 Å². The highest BCUT2D eigenvalue weighted by Gasteiger charge is 2.26. The van der Waals surface area contributed by atoms with E-state index in [0.29, 0.717) is 18.6 Å². The molecule has 4 heteroatoms. The molecule has 0 amide bonds. The molecule has 1 rings (SSSR count). The van der Waals surface area contributed by atoms with Gasteiger partial charge in [-0.1, -0.05) is 6.92 Å². The number of ether oxygens (including phenoxy) is 1. The smallest absolute Gasteiger partial charge is 0.316 e. The maximum Gasteiger partial charge on any atom is 0.316 e. The second-order valence-corrected chi connectivity index (χ2v) is 3.31. The summed E-state index contributed by atoms with van der Waals surface area (Å²) in [6.07, 6.45) is 3.51. The molecule has 1 aromatic rings. The van der Waals surface area contributed by atoms with Gasteiger partial charge in [0.1, 0.15) is 5.92 Å². The minimum atomic E-state index is -0.706. The van der Waals surface area contributed by atoms with Crippen LogP contribution in [-0.4, -0.2) is 23.3 Å². The van der Waals surface area contributed by atoms with Crippen LogP contribution < -0.4 is 0 Å². The Labute approximate surface area is 94.6 Å². The number of pyridine rings is 1. The van der Waals surface area contributed by atoms with E-state index in [1.807, 2.05) is 0 Å². The maximum absolute atomic E-state index is 12.0. The molecule has 86 valence electrons. The number of carbonyl (C=O) groups is 2. The molecule has 0 aliphatic rings. The number of aromatic nitrogens is 1. The lowest BCUT2D eigenvalue weighted by Gasteiger charge is -2.11. The van der Waals surface area contributed by atoms with E-state index in [9.17, 15) is 9.59 Å². The summed E-state index contributed by atoms with van der Waals surface area (Å²) in [7, 11) is 0. The quantitative estimate of drug-likeness (QED) is 0.432. The molecule has 0 aliphatic carbocycles. The van der Waals surface area contributed by atoms with Crippen molar-refractivity contribution in [3.8, 4) is 0 Å². The van der Waals surface area contributed by atoms with Crippen molar-refractivity contribution >= 4 is 11.8 Å². The van der Waals surface area contributed by atoms with Crippen LogP contribution in [0, 0.1) is 5.92 Å². The van der Waals surface area contributed by atoms with Gasteiger partial charge in [0, 0.05) is 18.0 Å². The molecule has 16 heavy (non-hydrogen) atoms. The lowest BCUT2D eigenvalue weighted by molar-refractivity contribution is -0.146. The first kappa shape index (κ1) is 12.4. The fourth-order valence-corrected chi connectivity index (χ4v) is 1.42. The molecule has 4 nitrogen and oxygen atoms in total. The first-order valence-corrected chi connectivity index (χ1v) is 5.31. The van der Waals surface area contributed by atoms with Gasteiger partial charge in [-0.3, -0.25) is 14.6 Å². The Morgan fingerprint density at radius 2 is 1.94 bits per heavy atom. The van der Waals surface area contributed by atoms with Crippen molar-refractivity contribution in [2.75, 3.05) is 6.61 Å². The average Bonchev–Trinajstić information content (AvgIpc) is 2.31. The minimum Gasteiger partial charge on any atom is -0.465 e. The van der Waals surface area contributed by atoms with E-state index in [1.165, 1.54) is 12.4 Å². The van der Waals surface area contributed by atoms with Crippen LogP contribution in [0.4, 0.5) is 0 Å². The predicted octanol–water partition coefficient (Wildman–Crippen LogP) is 1.85. The van der Waals surface area contributed by atoms with Gasteiger partial charge >= 0.3 is 5.97 Å². The summed E-state index contributed by atoms with van der Waals surface area (Å²) in [6, 6.07) is 3.20. The Balaban J connectivity index is 2.82. The summed E-state index contributed by atoms with van der Waals surface area (Å²) >= 11 is 0. The van der Waals surface area contributed by atoms with Gasteiger partial charge in [-0.05, 0) is 25.5 Å². The molecule has 1 heterocycles. The van der Waals surface area contributed by atoms with Gasteiger partial charge in [-0.2, -0.15) is 0 Å². The summed E-state index contributed by atoms with van der Waals surface area (Å²) in [5, 5.41) is 0. The fourth-order valence-electron chi connectivity index (χ4n) is 1.42. The lowest BCUT2D eigenvalue weighted by Crippen LogP contribution is -2.25. The molecule has 1 unspecified atom stereocenters. The molecular weight excluding hydrogens is 206 g/mol. The minimum absolute atomic E-state index is 0.205. The number of hydrogen-bond donors (Lipinski definition) is 0. The van der Waals surface area contributed by atoms with Crippen LogP contribution in [0.3, 0.4) is 0 Å². The Morgan fingerprint density at radius 1 is 1.31 bits per heavy atom. The van der Waals surface area contributed by atoms with E-state index in [1.54, 1.807) is 26.0 Å². The lowest BCUT2D eigenvalue weighted by atomic mass is 9.96. The average molecular weight is 221 g/mol. The summed E-state index contributed by atoms with van der Waals surface area (Å²) < 4.78 is 4.86. The third-order valence-corrected chi connectivity index (χ3v) is 2.26. The van der Waals surface area contributed by atoms with E-state index < -0.39 is 11.9 Å². The highest BCUT2D eigenvalue weighted by Crippen LogP contribution is 2.13. The molecule has 0 aliphatic heterocycles. The van der Waals surface area contributed by atoms with E-state index in [0.717, 1.165) is 0 Å². The largest absolute Gasteiger partial charge is 0.465 e. The zero-order chi connectivity index (χ0) is 12.0. The van der Waals surface area contributed by atoms with Gasteiger partial charge in [0.2, 0.25) is 0 Å². The molecule has 0 spiro atoms. The second kappa shape index (κ2) is 6.00. The number of Topliss-reactive ketones (excluding diaryl/α,β-unsaturated/α-hetero) is 1. The zero-order valence-corrected chi connectivity index (χ0v) is 9.47. The van der Waals surface area contributed by atoms with Crippen LogP contribution in [0.25, 0.3) is 0 Å². The van der Waals surface area contributed by atoms with Crippen LogP contribution in [-0.2, 0) is 9.53 Å². The molecular formula is C12H15NO3. The van der Waals surface area contributed by atoms with Crippen LogP contribution in [0.15, 0.2) is 24.5 Å². The molecule has 0 bridgehead atoms. The topological polar surface area (TPSA) is 56.3 Å². The summed E-state index contributed by atoms with van der Waals surface area (Å²) in [5.74, 6) is -1.36. The number of carbonyl (C=O) groups excluding carboxylic acids is 2. The number of ketones is 1. The van der Waals surface area contributed by atoms with Crippen LogP contribution in [0.1, 0.15) is 30.6 Å². The van der Waals surface area contributed by atoms with Crippen LogP contribution in [0.5, 0.6) is 0 Å². The fraction of sp³-hybridized carbons (Fsp3) is 0.417. The third-order valence-electron chi connectivity index (χ3n) is 2.26. The normalized spacial score (nSPS) is 11.9. The van der Waals surface area contributed by atoms with E-state index in [2.05, 4.69) is 4.98 Å². The number of nitrogens with zero attached hydrogens (tertiary/aromatic N) is 1. The molecule has 1 atom stereocenters. The maximum atomic E-state index is 12.0. The Hall–Kier alpha value is -1.71. The van der Waals surface area contributed by atoms with Crippen molar-refractivity contribution in [1.82, 2.24) is 4.98 Å². The highest BCUT2D eigenvalue weighted by atomic mass is 16.5. The van der Waals surface area contributed by atoms with Crippen LogP contribution in [0.2, 0.25) is 0 Å². The summed E-state index contributed by atoms with van der Waals surface area (Å²) in [6.45, 7) is 3.81. The van der Waals surface area contributed by atoms with Crippen molar-refractivity contribution < 1.29 is 14.3 Å². The summed E-state index contributed by atoms with van der Waals surface area (Å²) in [4.78, 5) is 27.3. The van der Waals surface area contributed by atoms with E-state index >= 15 is 0 Å². The molecule has 0 aromatic carbocycles. The number of esters is 1. The van der Waals surface area contributed by atoms with Crippen LogP contribution >= 0.6 is 0 Å². The molecule has 0 fully saturated rings. The first-order valence-electron chi connectivity index (χ1n) is 5.31. The molecule has 1 aromatic heterocycles. The first-order chi connectivity index (χ1) is 7.70. The highest BCUT2D eigenvalue weighted by molar-refractivity contribution is 6.08. The molecule has 0 radical (unpaired) electrons. The van der Waals surface area contributed by atoms with Crippen molar-refractivity contribution in [3.63, 3.8) is 0 Å². The Morgan fingerprint density at radius 3 is 2.44 bits per heavy atom. The molecule has 0 N–H and O–H groups in total. The molecule has 0 saturated heterocycles. The Kier molecular flexibility index (Phi) is 4.64. The van der Waals surface area contributed by atoms with E-state index in [4.69, 9.17) is 4.74 Å². The number of hydrogen-bond acceptors (Lipinski definition) is 4. The third kappa shape index (κ3) is 2.89. The van der Waals surface area contributed by atoms with Gasteiger partial charge in [0.05, 0.1) is 6.61 Å². The standard InChI is InChI=1S/C12H15NO3/c1-3-10(12(15)16-4-2)11(14)9-5-7-13-8-6-9/h5-8,10H,3-4H2,1-2H3. The SMILES string of the molecule is CCOC(=O)C(CC)C(=O)c1ccncc1. The van der Waals surface area contributed by atoms with Crippen molar-refractivity contribution in [1.29, 1.82) is 0 Å². The van der Waals surface area contributed by atoms with Gasteiger partial charge in [0.15, 0.2) is 5.78 Å². The summed E-state index contributed by atoms with van der Waals surface area (Å²) in [5.41, 5.74) is 0.495. The Bertz CT molecular complexity index is 362. The van der Waals surface area contributed by atoms with Crippen molar-refractivity contribution in [2.45, 2.75) is 20.3 Å². The second-order valence-electron chi connectivity index (χ2n) is 3.31. The van der Waals surface area contributed by atoms with Gasteiger partial charge < -0.3 is 4.74 Å². The monoisotopic (exact) mass is 221 g/mol. The predicted molar refractivity (Wildman–Crippen MR) is 59.0 cm³/mol. The van der Waals surface area contributed by atoms with Gasteiger partial charge in [-0.15, -0.1) is 0 Å². The van der Waals surface area contributed by atoms with E-state index in [-0.39, 0.29) is 5.78 Å². The van der Waals surface area contributed by atoms with Crippen molar-refractivity contribution in [2.24, 2.45) is 5.92 Å².